The van der Waals surface area contributed by atoms with Gasteiger partial charge in [0.1, 0.15) is 0 Å². The highest BCUT2D eigenvalue weighted by molar-refractivity contribution is 6.14. The van der Waals surface area contributed by atoms with Crippen molar-refractivity contribution in [2.45, 2.75) is 6.54 Å². The first-order chi connectivity index (χ1) is 13.2. The van der Waals surface area contributed by atoms with Gasteiger partial charge in [0.15, 0.2) is 5.69 Å². The van der Waals surface area contributed by atoms with Gasteiger partial charge in [0.25, 0.3) is 11.5 Å². The fourth-order valence-electron chi connectivity index (χ4n) is 3.70. The number of H-pyrrole nitrogens is 1. The summed E-state index contributed by atoms with van der Waals surface area (Å²) >= 11 is 0. The number of carbonyl (C=O) groups is 1. The monoisotopic (exact) mass is 353 g/mol. The van der Waals surface area contributed by atoms with Gasteiger partial charge >= 0.3 is 0 Å². The summed E-state index contributed by atoms with van der Waals surface area (Å²) < 4.78 is 0. The highest BCUT2D eigenvalue weighted by atomic mass is 16.2. The number of amides is 1. The van der Waals surface area contributed by atoms with Gasteiger partial charge in [-0.05, 0) is 23.3 Å². The van der Waals surface area contributed by atoms with Crippen LogP contribution in [0.5, 0.6) is 0 Å². The molecule has 0 bridgehead atoms. The summed E-state index contributed by atoms with van der Waals surface area (Å²) in [5, 5.41) is 7.55. The van der Waals surface area contributed by atoms with Crippen LogP contribution in [-0.2, 0) is 6.54 Å². The Labute approximate surface area is 154 Å². The number of nitrogens with one attached hydrogen (secondary N) is 1. The third-order valence-corrected chi connectivity index (χ3v) is 4.97. The van der Waals surface area contributed by atoms with Gasteiger partial charge in [-0.1, -0.05) is 60.7 Å². The van der Waals surface area contributed by atoms with Crippen molar-refractivity contribution in [3.05, 3.63) is 94.4 Å². The number of aromatic amines is 1. The summed E-state index contributed by atoms with van der Waals surface area (Å²) in [6, 6.07) is 23.0. The van der Waals surface area contributed by atoms with Crippen LogP contribution in [0.15, 0.2) is 77.6 Å². The van der Waals surface area contributed by atoms with Crippen LogP contribution in [0.3, 0.4) is 0 Å². The van der Waals surface area contributed by atoms with E-state index in [0.29, 0.717) is 17.3 Å². The lowest BCUT2D eigenvalue weighted by molar-refractivity contribution is 0.0981. The van der Waals surface area contributed by atoms with E-state index in [9.17, 15) is 9.59 Å². The molecule has 1 aliphatic heterocycles. The van der Waals surface area contributed by atoms with Crippen LogP contribution in [-0.4, -0.2) is 16.1 Å². The van der Waals surface area contributed by atoms with E-state index in [1.54, 1.807) is 29.2 Å². The van der Waals surface area contributed by atoms with E-state index in [4.69, 9.17) is 0 Å². The third kappa shape index (κ3) is 2.36. The van der Waals surface area contributed by atoms with Crippen molar-refractivity contribution >= 4 is 22.4 Å². The minimum Gasteiger partial charge on any atom is -0.302 e. The molecule has 1 aromatic heterocycles. The lowest BCUT2D eigenvalue weighted by Crippen LogP contribution is -2.34. The van der Waals surface area contributed by atoms with Crippen molar-refractivity contribution in [3.63, 3.8) is 0 Å². The normalized spacial score (nSPS) is 12.5. The number of rotatable bonds is 1. The summed E-state index contributed by atoms with van der Waals surface area (Å²) in [5.74, 6) is -0.232. The van der Waals surface area contributed by atoms with Crippen molar-refractivity contribution in [1.29, 1.82) is 0 Å². The van der Waals surface area contributed by atoms with Crippen LogP contribution >= 0.6 is 0 Å². The van der Waals surface area contributed by atoms with Gasteiger partial charge in [0.2, 0.25) is 0 Å². The molecule has 130 valence electrons. The first-order valence-corrected chi connectivity index (χ1v) is 8.70. The Morgan fingerprint density at radius 1 is 0.852 bits per heavy atom. The summed E-state index contributed by atoms with van der Waals surface area (Å²) in [5.41, 5.74) is 4.03. The van der Waals surface area contributed by atoms with Crippen LogP contribution in [0.4, 0.5) is 5.69 Å². The molecule has 0 aliphatic carbocycles. The molecule has 0 radical (unpaired) electrons. The molecule has 0 unspecified atom stereocenters. The van der Waals surface area contributed by atoms with Crippen LogP contribution in [0, 0.1) is 0 Å². The molecule has 0 spiro atoms. The standard InChI is InChI=1S/C22H15N3O2/c26-21-18-11-4-3-10-17(18)20(23-24-21)22(27)25-13-14-7-1-2-8-15(14)16-9-5-6-12-19(16)25/h1-12H,13H2,(H,24,26). The van der Waals surface area contributed by atoms with Crippen molar-refractivity contribution in [2.24, 2.45) is 0 Å². The molecular weight excluding hydrogens is 338 g/mol. The molecule has 5 nitrogen and oxygen atoms in total. The van der Waals surface area contributed by atoms with Crippen LogP contribution in [0.2, 0.25) is 0 Å². The Hall–Kier alpha value is -3.73. The fraction of sp³-hybridized carbons (Fsp3) is 0.0455. The zero-order valence-corrected chi connectivity index (χ0v) is 14.3. The number of nitrogens with zero attached hydrogens (tertiary/aromatic N) is 2. The third-order valence-electron chi connectivity index (χ3n) is 4.97. The quantitative estimate of drug-likeness (QED) is 0.567. The second kappa shape index (κ2) is 5.92. The van der Waals surface area contributed by atoms with E-state index in [1.165, 1.54) is 0 Å². The van der Waals surface area contributed by atoms with Gasteiger partial charge in [0, 0.05) is 10.9 Å². The summed E-state index contributed by atoms with van der Waals surface area (Å²) in [4.78, 5) is 27.2. The van der Waals surface area contributed by atoms with E-state index in [-0.39, 0.29) is 17.2 Å². The molecule has 1 aliphatic rings. The second-order valence-electron chi connectivity index (χ2n) is 6.51. The zero-order chi connectivity index (χ0) is 18.4. The molecule has 1 amide bonds. The van der Waals surface area contributed by atoms with E-state index in [1.807, 2.05) is 42.5 Å². The molecule has 5 heteroatoms. The Morgan fingerprint density at radius 3 is 2.37 bits per heavy atom. The van der Waals surface area contributed by atoms with Crippen LogP contribution in [0.1, 0.15) is 16.1 Å². The zero-order valence-electron chi connectivity index (χ0n) is 14.3. The molecule has 0 fully saturated rings. The molecule has 2 heterocycles. The van der Waals surface area contributed by atoms with Gasteiger partial charge in [0.05, 0.1) is 17.6 Å². The predicted molar refractivity (Wildman–Crippen MR) is 105 cm³/mol. The Balaban J connectivity index is 1.69. The highest BCUT2D eigenvalue weighted by Gasteiger charge is 2.28. The number of hydrogen-bond donors (Lipinski definition) is 1. The fourth-order valence-corrected chi connectivity index (χ4v) is 3.70. The number of benzene rings is 3. The van der Waals surface area contributed by atoms with Crippen molar-refractivity contribution < 1.29 is 4.79 Å². The number of carbonyl (C=O) groups excluding carboxylic acids is 1. The Morgan fingerprint density at radius 2 is 1.52 bits per heavy atom. The van der Waals surface area contributed by atoms with Crippen LogP contribution in [0.25, 0.3) is 21.9 Å². The topological polar surface area (TPSA) is 66.1 Å². The molecule has 0 saturated carbocycles. The first kappa shape index (κ1) is 15.5. The van der Waals surface area contributed by atoms with Crippen molar-refractivity contribution in [2.75, 3.05) is 4.90 Å². The maximum absolute atomic E-state index is 13.4. The van der Waals surface area contributed by atoms with E-state index < -0.39 is 0 Å². The van der Waals surface area contributed by atoms with Gasteiger partial charge in [-0.3, -0.25) is 9.59 Å². The van der Waals surface area contributed by atoms with Crippen LogP contribution < -0.4 is 10.5 Å². The number of fused-ring (bicyclic) bond motifs is 4. The van der Waals surface area contributed by atoms with Gasteiger partial charge in [-0.15, -0.1) is 0 Å². The minimum atomic E-state index is -0.300. The predicted octanol–water partition coefficient (Wildman–Crippen LogP) is 3.75. The number of hydrogen-bond acceptors (Lipinski definition) is 3. The van der Waals surface area contributed by atoms with Gasteiger partial charge < -0.3 is 4.90 Å². The van der Waals surface area contributed by atoms with Gasteiger partial charge in [-0.25, -0.2) is 5.10 Å². The molecule has 1 N–H and O–H groups in total. The summed E-state index contributed by atoms with van der Waals surface area (Å²) in [6.07, 6.45) is 0. The molecular formula is C22H15N3O2. The smallest absolute Gasteiger partial charge is 0.279 e. The highest BCUT2D eigenvalue weighted by Crippen LogP contribution is 2.39. The van der Waals surface area contributed by atoms with E-state index in [0.717, 1.165) is 22.4 Å². The lowest BCUT2D eigenvalue weighted by Gasteiger charge is -2.31. The number of aromatic nitrogens is 2. The maximum atomic E-state index is 13.4. The number of para-hydroxylation sites is 1. The SMILES string of the molecule is O=C(c1n[nH]c(=O)c2ccccc12)N1Cc2ccccc2-c2ccccc21. The molecule has 0 atom stereocenters. The number of anilines is 1. The van der Waals surface area contributed by atoms with E-state index >= 15 is 0 Å². The molecule has 3 aromatic carbocycles. The molecule has 0 saturated heterocycles. The minimum absolute atomic E-state index is 0.232. The van der Waals surface area contributed by atoms with E-state index in [2.05, 4.69) is 16.3 Å². The average molecular weight is 353 g/mol. The molecule has 5 rings (SSSR count). The van der Waals surface area contributed by atoms with Crippen molar-refractivity contribution in [3.8, 4) is 11.1 Å². The first-order valence-electron chi connectivity index (χ1n) is 8.70. The lowest BCUT2D eigenvalue weighted by atomic mass is 9.93. The molecule has 27 heavy (non-hydrogen) atoms. The average Bonchev–Trinajstić information content (AvgIpc) is 2.73. The Bertz CT molecular complexity index is 1260. The van der Waals surface area contributed by atoms with Gasteiger partial charge in [-0.2, -0.15) is 5.10 Å². The summed E-state index contributed by atoms with van der Waals surface area (Å²) in [7, 11) is 0. The largest absolute Gasteiger partial charge is 0.302 e. The van der Waals surface area contributed by atoms with Crippen molar-refractivity contribution in [1.82, 2.24) is 10.2 Å². The second-order valence-corrected chi connectivity index (χ2v) is 6.51. The maximum Gasteiger partial charge on any atom is 0.279 e. The summed E-state index contributed by atoms with van der Waals surface area (Å²) in [6.45, 7) is 0.459. The molecule has 4 aromatic rings. The Kier molecular flexibility index (Phi) is 3.40.